The molecule has 3 aromatic rings. The molecule has 160 valence electrons. The molecule has 1 aromatic heterocycles. The van der Waals surface area contributed by atoms with Gasteiger partial charge in [-0.05, 0) is 29.8 Å². The van der Waals surface area contributed by atoms with Gasteiger partial charge in [0.05, 0.1) is 12.7 Å². The first kappa shape index (κ1) is 21.9. The predicted octanol–water partition coefficient (Wildman–Crippen LogP) is 2.41. The summed E-state index contributed by atoms with van der Waals surface area (Å²) in [4.78, 5) is 28.2. The van der Waals surface area contributed by atoms with Crippen LogP contribution in [0.3, 0.4) is 0 Å². The van der Waals surface area contributed by atoms with Crippen LogP contribution in [0.25, 0.3) is 12.2 Å². The topological polar surface area (TPSA) is 64.1 Å². The molecule has 5 nitrogen and oxygen atoms in total. The standard InChI is InChI=1S/C23H19F3N2O3/c1-3-12-28-19(14-16-9-5-7-11-20(16)31-2)21(29)27-18(22(28)30)13-15-8-4-6-10-17(15)23(24,25)26/h3-11,13-14H,1,12H2,2H3,(H,27,29)/b18-13+,19-14+. The van der Waals surface area contributed by atoms with E-state index < -0.39 is 22.9 Å². The number of nitrogens with one attached hydrogen (secondary N) is 1. The van der Waals surface area contributed by atoms with Crippen molar-refractivity contribution in [3.05, 3.63) is 109 Å². The number of nitrogens with zero attached hydrogens (tertiary/aromatic N) is 1. The van der Waals surface area contributed by atoms with Crippen molar-refractivity contribution < 1.29 is 17.9 Å². The van der Waals surface area contributed by atoms with E-state index in [1.807, 2.05) is 0 Å². The van der Waals surface area contributed by atoms with Crippen molar-refractivity contribution in [3.8, 4) is 5.75 Å². The molecule has 0 bridgehead atoms. The van der Waals surface area contributed by atoms with Crippen molar-refractivity contribution in [3.63, 3.8) is 0 Å². The van der Waals surface area contributed by atoms with Gasteiger partial charge in [0, 0.05) is 12.1 Å². The van der Waals surface area contributed by atoms with Gasteiger partial charge in [0.1, 0.15) is 16.4 Å². The highest BCUT2D eigenvalue weighted by Gasteiger charge is 2.32. The quantitative estimate of drug-likeness (QED) is 0.635. The van der Waals surface area contributed by atoms with E-state index in [-0.39, 0.29) is 22.8 Å². The Kier molecular flexibility index (Phi) is 6.29. The lowest BCUT2D eigenvalue weighted by Crippen LogP contribution is -2.53. The maximum Gasteiger partial charge on any atom is 0.416 e. The number of rotatable bonds is 5. The van der Waals surface area contributed by atoms with Gasteiger partial charge in [0.25, 0.3) is 11.1 Å². The number of H-pyrrole nitrogens is 1. The summed E-state index contributed by atoms with van der Waals surface area (Å²) in [6.45, 7) is 3.59. The average molecular weight is 428 g/mol. The number of aromatic nitrogens is 2. The molecule has 0 radical (unpaired) electrons. The molecule has 3 rings (SSSR count). The third-order valence-electron chi connectivity index (χ3n) is 4.56. The molecule has 0 atom stereocenters. The van der Waals surface area contributed by atoms with Crippen molar-refractivity contribution in [2.75, 3.05) is 7.11 Å². The SMILES string of the molecule is C=CCn1c(=O)/c(=C\c2ccccc2C(F)(F)F)[nH]c(=O)/c1=C\c1ccccc1OC. The number of hydrogen-bond donors (Lipinski definition) is 1. The van der Waals surface area contributed by atoms with E-state index in [9.17, 15) is 22.8 Å². The average Bonchev–Trinajstić information content (AvgIpc) is 2.74. The van der Waals surface area contributed by atoms with Crippen molar-refractivity contribution in [1.82, 2.24) is 9.55 Å². The zero-order valence-corrected chi connectivity index (χ0v) is 16.6. The van der Waals surface area contributed by atoms with Gasteiger partial charge in [-0.25, -0.2) is 0 Å². The summed E-state index contributed by atoms with van der Waals surface area (Å²) in [5.41, 5.74) is -1.86. The van der Waals surface area contributed by atoms with Crippen LogP contribution in [0.15, 0.2) is 70.8 Å². The van der Waals surface area contributed by atoms with Gasteiger partial charge < -0.3 is 9.72 Å². The van der Waals surface area contributed by atoms with Gasteiger partial charge in [-0.3, -0.25) is 14.2 Å². The fraction of sp³-hybridized carbons (Fsp3) is 0.130. The number of hydrogen-bond acceptors (Lipinski definition) is 3. The summed E-state index contributed by atoms with van der Waals surface area (Å²) >= 11 is 0. The molecular weight excluding hydrogens is 409 g/mol. The minimum absolute atomic E-state index is 0.00844. The highest BCUT2D eigenvalue weighted by Crippen LogP contribution is 2.31. The molecule has 0 spiro atoms. The normalized spacial score (nSPS) is 12.8. The van der Waals surface area contributed by atoms with Crippen molar-refractivity contribution >= 4 is 12.2 Å². The first-order chi connectivity index (χ1) is 14.8. The van der Waals surface area contributed by atoms with E-state index in [1.165, 1.54) is 37.5 Å². The largest absolute Gasteiger partial charge is 0.496 e. The van der Waals surface area contributed by atoms with Crippen LogP contribution in [0, 0.1) is 0 Å². The van der Waals surface area contributed by atoms with Crippen LogP contribution in [0.1, 0.15) is 16.7 Å². The molecule has 0 unspecified atom stereocenters. The zero-order chi connectivity index (χ0) is 22.6. The molecule has 0 saturated carbocycles. The number of methoxy groups -OCH3 is 1. The Morgan fingerprint density at radius 2 is 1.68 bits per heavy atom. The second kappa shape index (κ2) is 8.91. The summed E-state index contributed by atoms with van der Waals surface area (Å²) < 4.78 is 46.3. The number of para-hydroxylation sites is 1. The van der Waals surface area contributed by atoms with Crippen LogP contribution < -0.4 is 26.6 Å². The van der Waals surface area contributed by atoms with Crippen molar-refractivity contribution in [2.24, 2.45) is 0 Å². The summed E-state index contributed by atoms with van der Waals surface area (Å²) in [5.74, 6) is 0.495. The molecule has 2 aromatic carbocycles. The Morgan fingerprint density at radius 3 is 2.32 bits per heavy atom. The number of ether oxygens (including phenoxy) is 1. The van der Waals surface area contributed by atoms with E-state index in [2.05, 4.69) is 11.6 Å². The van der Waals surface area contributed by atoms with Gasteiger partial charge in [-0.15, -0.1) is 6.58 Å². The summed E-state index contributed by atoms with van der Waals surface area (Å²) in [6.07, 6.45) is -0.673. The van der Waals surface area contributed by atoms with E-state index >= 15 is 0 Å². The third kappa shape index (κ3) is 4.69. The second-order valence-electron chi connectivity index (χ2n) is 6.57. The molecule has 0 amide bonds. The zero-order valence-electron chi connectivity index (χ0n) is 16.6. The molecule has 0 aliphatic carbocycles. The van der Waals surface area contributed by atoms with E-state index in [4.69, 9.17) is 4.74 Å². The molecule has 0 fully saturated rings. The maximum atomic E-state index is 13.3. The number of aromatic amines is 1. The fourth-order valence-electron chi connectivity index (χ4n) is 3.14. The minimum Gasteiger partial charge on any atom is -0.496 e. The molecule has 8 heteroatoms. The molecule has 31 heavy (non-hydrogen) atoms. The number of allylic oxidation sites excluding steroid dienone is 1. The van der Waals surface area contributed by atoms with Gasteiger partial charge in [0.15, 0.2) is 0 Å². The Morgan fingerprint density at radius 1 is 1.03 bits per heavy atom. The van der Waals surface area contributed by atoms with Crippen molar-refractivity contribution in [1.29, 1.82) is 0 Å². The van der Waals surface area contributed by atoms with Crippen LogP contribution in [0.5, 0.6) is 5.75 Å². The minimum atomic E-state index is -4.61. The molecular formula is C23H19F3N2O3. The Bertz CT molecular complexity index is 1350. The van der Waals surface area contributed by atoms with Crippen molar-refractivity contribution in [2.45, 2.75) is 12.7 Å². The predicted molar refractivity (Wildman–Crippen MR) is 112 cm³/mol. The molecule has 0 aliphatic heterocycles. The van der Waals surface area contributed by atoms with Crippen LogP contribution in [0.2, 0.25) is 0 Å². The summed E-state index contributed by atoms with van der Waals surface area (Å²) in [7, 11) is 1.48. The van der Waals surface area contributed by atoms with Gasteiger partial charge in [-0.2, -0.15) is 13.2 Å². The van der Waals surface area contributed by atoms with E-state index in [0.717, 1.165) is 16.7 Å². The lowest BCUT2D eigenvalue weighted by Gasteiger charge is -2.10. The first-order valence-corrected chi connectivity index (χ1v) is 9.23. The van der Waals surface area contributed by atoms with Crippen LogP contribution in [-0.4, -0.2) is 16.7 Å². The van der Waals surface area contributed by atoms with E-state index in [1.54, 1.807) is 24.3 Å². The van der Waals surface area contributed by atoms with Crippen LogP contribution in [-0.2, 0) is 12.7 Å². The molecule has 0 aliphatic rings. The highest BCUT2D eigenvalue weighted by molar-refractivity contribution is 5.57. The first-order valence-electron chi connectivity index (χ1n) is 9.23. The number of benzene rings is 2. The highest BCUT2D eigenvalue weighted by atomic mass is 19.4. The van der Waals surface area contributed by atoms with Gasteiger partial charge >= 0.3 is 6.18 Å². The molecule has 1 N–H and O–H groups in total. The Labute approximate surface area is 175 Å². The lowest BCUT2D eigenvalue weighted by molar-refractivity contribution is -0.137. The fourth-order valence-corrected chi connectivity index (χ4v) is 3.14. The summed E-state index contributed by atoms with van der Waals surface area (Å²) in [5, 5.41) is -0.239. The lowest BCUT2D eigenvalue weighted by atomic mass is 10.1. The van der Waals surface area contributed by atoms with Gasteiger partial charge in [-0.1, -0.05) is 42.5 Å². The summed E-state index contributed by atoms with van der Waals surface area (Å²) in [6, 6.07) is 11.7. The number of halogens is 3. The Hall–Kier alpha value is -3.81. The van der Waals surface area contributed by atoms with Gasteiger partial charge in [0.2, 0.25) is 0 Å². The smallest absolute Gasteiger partial charge is 0.416 e. The van der Waals surface area contributed by atoms with Crippen LogP contribution >= 0.6 is 0 Å². The second-order valence-corrected chi connectivity index (χ2v) is 6.57. The molecule has 1 heterocycles. The Balaban J connectivity index is 2.33. The number of alkyl halides is 3. The van der Waals surface area contributed by atoms with E-state index in [0.29, 0.717) is 11.3 Å². The molecule has 0 saturated heterocycles. The maximum absolute atomic E-state index is 13.3. The third-order valence-corrected chi connectivity index (χ3v) is 4.56. The van der Waals surface area contributed by atoms with Crippen LogP contribution in [0.4, 0.5) is 13.2 Å². The monoisotopic (exact) mass is 428 g/mol.